The first-order valence-corrected chi connectivity index (χ1v) is 7.93. The summed E-state index contributed by atoms with van der Waals surface area (Å²) < 4.78 is 17.5. The number of carbonyl (C=O) groups excluding carboxylic acids is 1. The molecule has 0 aliphatic rings. The first-order valence-electron chi connectivity index (χ1n) is 6.61. The van der Waals surface area contributed by atoms with Gasteiger partial charge in [-0.05, 0) is 31.0 Å². The van der Waals surface area contributed by atoms with Gasteiger partial charge >= 0.3 is 0 Å². The number of carbonyl (C=O) groups is 1. The largest absolute Gasteiger partial charge is 0.494 e. The molecule has 1 rings (SSSR count). The zero-order chi connectivity index (χ0) is 15.1. The maximum absolute atomic E-state index is 12.2. The van der Waals surface area contributed by atoms with Gasteiger partial charge in [0.1, 0.15) is 11.5 Å². The molecule has 0 saturated heterocycles. The number of hydrogen-bond donors (Lipinski definition) is 2. The van der Waals surface area contributed by atoms with Gasteiger partial charge < -0.3 is 15.8 Å². The maximum Gasteiger partial charge on any atom is 0.233 e. The predicted octanol–water partition coefficient (Wildman–Crippen LogP) is 1.55. The first-order chi connectivity index (χ1) is 9.43. The number of rotatable bonds is 7. The predicted molar refractivity (Wildman–Crippen MR) is 81.1 cm³/mol. The van der Waals surface area contributed by atoms with Gasteiger partial charge in [0, 0.05) is 12.2 Å². The number of anilines is 1. The summed E-state index contributed by atoms with van der Waals surface area (Å²) in [5, 5.41) is 2.74. The molecule has 3 N–H and O–H groups in total. The van der Waals surface area contributed by atoms with Gasteiger partial charge in [0.05, 0.1) is 22.3 Å². The lowest BCUT2D eigenvalue weighted by Crippen LogP contribution is -2.31. The SMILES string of the molecule is CCOc1ccc(N)c(S(=O)CC(=O)NCC(C)C)c1. The fraction of sp³-hybridized carbons (Fsp3) is 0.500. The van der Waals surface area contributed by atoms with E-state index in [4.69, 9.17) is 10.5 Å². The Hall–Kier alpha value is -1.56. The van der Waals surface area contributed by atoms with Crippen LogP contribution in [0.2, 0.25) is 0 Å². The molecule has 0 saturated carbocycles. The molecule has 1 atom stereocenters. The van der Waals surface area contributed by atoms with E-state index in [9.17, 15) is 9.00 Å². The molecule has 0 heterocycles. The lowest BCUT2D eigenvalue weighted by Gasteiger charge is -2.10. The Balaban J connectivity index is 2.71. The molecule has 5 nitrogen and oxygen atoms in total. The van der Waals surface area contributed by atoms with E-state index in [1.165, 1.54) is 0 Å². The molecule has 1 aromatic rings. The van der Waals surface area contributed by atoms with Crippen LogP contribution in [-0.4, -0.2) is 29.0 Å². The van der Waals surface area contributed by atoms with Crippen molar-refractivity contribution in [3.05, 3.63) is 18.2 Å². The fourth-order valence-corrected chi connectivity index (χ4v) is 2.61. The van der Waals surface area contributed by atoms with Gasteiger partial charge in [0.25, 0.3) is 0 Å². The molecule has 6 heteroatoms. The van der Waals surface area contributed by atoms with Crippen molar-refractivity contribution in [3.63, 3.8) is 0 Å². The third kappa shape index (κ3) is 5.21. The molecule has 112 valence electrons. The molecule has 0 fully saturated rings. The lowest BCUT2D eigenvalue weighted by atomic mass is 10.2. The molecule has 0 aromatic heterocycles. The number of amides is 1. The summed E-state index contributed by atoms with van der Waals surface area (Å²) in [7, 11) is -1.47. The Bertz CT molecular complexity index is 489. The fourth-order valence-electron chi connectivity index (χ4n) is 1.53. The minimum atomic E-state index is -1.47. The van der Waals surface area contributed by atoms with Crippen LogP contribution in [0.4, 0.5) is 5.69 Å². The molecule has 0 bridgehead atoms. The first kappa shape index (κ1) is 16.5. The molecule has 1 unspecified atom stereocenters. The van der Waals surface area contributed by atoms with Crippen LogP contribution in [0.3, 0.4) is 0 Å². The molecule has 0 spiro atoms. The molecule has 1 amide bonds. The normalized spacial score (nSPS) is 12.2. The summed E-state index contributed by atoms with van der Waals surface area (Å²) >= 11 is 0. The number of nitrogens with two attached hydrogens (primary N) is 1. The average molecular weight is 298 g/mol. The minimum absolute atomic E-state index is 0.0908. The molecule has 1 aromatic carbocycles. The van der Waals surface area contributed by atoms with Crippen LogP contribution in [0.1, 0.15) is 20.8 Å². The van der Waals surface area contributed by atoms with E-state index in [0.29, 0.717) is 35.4 Å². The number of benzene rings is 1. The Morgan fingerprint density at radius 2 is 2.15 bits per heavy atom. The van der Waals surface area contributed by atoms with Crippen LogP contribution < -0.4 is 15.8 Å². The van der Waals surface area contributed by atoms with Crippen molar-refractivity contribution in [1.82, 2.24) is 5.32 Å². The lowest BCUT2D eigenvalue weighted by molar-refractivity contribution is -0.118. The second-order valence-corrected chi connectivity index (χ2v) is 6.24. The average Bonchev–Trinajstić information content (AvgIpc) is 2.38. The van der Waals surface area contributed by atoms with Crippen molar-refractivity contribution in [1.29, 1.82) is 0 Å². The Morgan fingerprint density at radius 1 is 1.45 bits per heavy atom. The highest BCUT2D eigenvalue weighted by Gasteiger charge is 2.14. The van der Waals surface area contributed by atoms with Gasteiger partial charge in [-0.25, -0.2) is 0 Å². The minimum Gasteiger partial charge on any atom is -0.494 e. The third-order valence-electron chi connectivity index (χ3n) is 2.51. The zero-order valence-electron chi connectivity index (χ0n) is 12.1. The van der Waals surface area contributed by atoms with Gasteiger partial charge in [-0.15, -0.1) is 0 Å². The third-order valence-corrected chi connectivity index (χ3v) is 3.88. The molecule has 0 aliphatic carbocycles. The number of nitrogens with one attached hydrogen (secondary N) is 1. The van der Waals surface area contributed by atoms with Gasteiger partial charge in [0.15, 0.2) is 0 Å². The van der Waals surface area contributed by atoms with E-state index >= 15 is 0 Å². The summed E-state index contributed by atoms with van der Waals surface area (Å²) in [6, 6.07) is 4.99. The van der Waals surface area contributed by atoms with E-state index in [1.807, 2.05) is 20.8 Å². The standard InChI is InChI=1S/C14H22N2O3S/c1-4-19-11-5-6-12(15)13(7-11)20(18)9-14(17)16-8-10(2)3/h5-7,10H,4,8-9,15H2,1-3H3,(H,16,17). The highest BCUT2D eigenvalue weighted by atomic mass is 32.2. The van der Waals surface area contributed by atoms with E-state index < -0.39 is 10.8 Å². The Morgan fingerprint density at radius 3 is 2.75 bits per heavy atom. The van der Waals surface area contributed by atoms with Gasteiger partial charge in [-0.2, -0.15) is 0 Å². The highest BCUT2D eigenvalue weighted by Crippen LogP contribution is 2.23. The van der Waals surface area contributed by atoms with Crippen molar-refractivity contribution in [3.8, 4) is 5.75 Å². The van der Waals surface area contributed by atoms with Crippen molar-refractivity contribution in [2.24, 2.45) is 5.92 Å². The summed E-state index contributed by atoms with van der Waals surface area (Å²) in [5.41, 5.74) is 6.21. The molecular formula is C14H22N2O3S. The topological polar surface area (TPSA) is 81.4 Å². The Kier molecular flexibility index (Phi) is 6.51. The number of ether oxygens (including phenoxy) is 1. The number of nitrogen functional groups attached to an aromatic ring is 1. The molecule has 20 heavy (non-hydrogen) atoms. The van der Waals surface area contributed by atoms with E-state index in [0.717, 1.165) is 0 Å². The second kappa shape index (κ2) is 7.89. The summed E-state index contributed by atoms with van der Waals surface area (Å²) in [6.45, 7) is 6.96. The van der Waals surface area contributed by atoms with Crippen LogP contribution in [-0.2, 0) is 15.6 Å². The number of hydrogen-bond acceptors (Lipinski definition) is 4. The maximum atomic E-state index is 12.2. The monoisotopic (exact) mass is 298 g/mol. The second-order valence-electron chi connectivity index (χ2n) is 4.82. The van der Waals surface area contributed by atoms with E-state index in [2.05, 4.69) is 5.32 Å². The van der Waals surface area contributed by atoms with Crippen LogP contribution in [0.5, 0.6) is 5.75 Å². The zero-order valence-corrected chi connectivity index (χ0v) is 13.0. The highest BCUT2D eigenvalue weighted by molar-refractivity contribution is 7.86. The summed E-state index contributed by atoms with van der Waals surface area (Å²) in [5.74, 6) is 0.636. The van der Waals surface area contributed by atoms with E-state index in [1.54, 1.807) is 18.2 Å². The molecule has 0 radical (unpaired) electrons. The van der Waals surface area contributed by atoms with Crippen molar-refractivity contribution in [2.75, 3.05) is 24.6 Å². The van der Waals surface area contributed by atoms with Crippen LogP contribution in [0.25, 0.3) is 0 Å². The smallest absolute Gasteiger partial charge is 0.233 e. The van der Waals surface area contributed by atoms with Crippen LogP contribution >= 0.6 is 0 Å². The van der Waals surface area contributed by atoms with Crippen LogP contribution in [0, 0.1) is 5.92 Å². The Labute approximate surface area is 122 Å². The van der Waals surface area contributed by atoms with Gasteiger partial charge in [0.2, 0.25) is 5.91 Å². The van der Waals surface area contributed by atoms with Crippen molar-refractivity contribution >= 4 is 22.4 Å². The van der Waals surface area contributed by atoms with Crippen molar-refractivity contribution < 1.29 is 13.7 Å². The van der Waals surface area contributed by atoms with Crippen molar-refractivity contribution in [2.45, 2.75) is 25.7 Å². The van der Waals surface area contributed by atoms with E-state index in [-0.39, 0.29) is 11.7 Å². The summed E-state index contributed by atoms with van der Waals surface area (Å²) in [6.07, 6.45) is 0. The van der Waals surface area contributed by atoms with Gasteiger partial charge in [-0.1, -0.05) is 13.8 Å². The van der Waals surface area contributed by atoms with Crippen LogP contribution in [0.15, 0.2) is 23.1 Å². The van der Waals surface area contributed by atoms with Gasteiger partial charge in [-0.3, -0.25) is 9.00 Å². The summed E-state index contributed by atoms with van der Waals surface area (Å²) in [4.78, 5) is 12.1. The quantitative estimate of drug-likeness (QED) is 0.748. The molecule has 0 aliphatic heterocycles. The molecular weight excluding hydrogens is 276 g/mol.